The van der Waals surface area contributed by atoms with Gasteiger partial charge in [-0.15, -0.1) is 0 Å². The number of nitrogens with one attached hydrogen (secondary N) is 1. The Labute approximate surface area is 160 Å². The minimum absolute atomic E-state index is 0.119. The van der Waals surface area contributed by atoms with E-state index in [1.165, 1.54) is 4.90 Å². The molecule has 9 heteroatoms. The lowest BCUT2D eigenvalue weighted by atomic mass is 9.95. The number of aliphatic hydroxyl groups excluding tert-OH is 1. The number of nitrogens with zero attached hydrogens (tertiary/aromatic N) is 1. The van der Waals surface area contributed by atoms with Crippen LogP contribution in [0.3, 0.4) is 0 Å². The van der Waals surface area contributed by atoms with E-state index in [-0.39, 0.29) is 12.3 Å². The van der Waals surface area contributed by atoms with E-state index in [4.69, 9.17) is 11.5 Å². The molecule has 0 bridgehead atoms. The highest BCUT2D eigenvalue weighted by Gasteiger charge is 2.40. The number of carbonyl (C=O) groups excluding carboxylic acids is 2. The minimum atomic E-state index is -1.24. The summed E-state index contributed by atoms with van der Waals surface area (Å²) in [5.41, 5.74) is 11.6. The van der Waals surface area contributed by atoms with Gasteiger partial charge >= 0.3 is 5.97 Å². The zero-order chi connectivity index (χ0) is 20.6. The largest absolute Gasteiger partial charge is 0.480 e. The highest BCUT2D eigenvalue weighted by molar-refractivity contribution is 5.92. The summed E-state index contributed by atoms with van der Waals surface area (Å²) in [6, 6.07) is -2.67. The Morgan fingerprint density at radius 3 is 2.44 bits per heavy atom. The Kier molecular flexibility index (Phi) is 9.68. The number of likely N-dealkylation sites (tertiary alicyclic amines) is 1. The zero-order valence-corrected chi connectivity index (χ0v) is 16.3. The maximum absolute atomic E-state index is 12.9. The third-order valence-corrected chi connectivity index (χ3v) is 5.02. The maximum Gasteiger partial charge on any atom is 0.326 e. The predicted molar refractivity (Wildman–Crippen MR) is 101 cm³/mol. The molecule has 0 aliphatic carbocycles. The van der Waals surface area contributed by atoms with Crippen LogP contribution in [0.5, 0.6) is 0 Å². The topological polar surface area (TPSA) is 159 Å². The first-order valence-electron chi connectivity index (χ1n) is 9.68. The van der Waals surface area contributed by atoms with Gasteiger partial charge in [0.05, 0.1) is 0 Å². The summed E-state index contributed by atoms with van der Waals surface area (Å²) in [6.45, 7) is 4.51. The minimum Gasteiger partial charge on any atom is -0.480 e. The summed E-state index contributed by atoms with van der Waals surface area (Å²) >= 11 is 0. The number of rotatable bonds is 11. The van der Waals surface area contributed by atoms with Gasteiger partial charge in [0, 0.05) is 12.6 Å². The molecule has 156 valence electrons. The molecule has 0 spiro atoms. The first kappa shape index (κ1) is 23.3. The third kappa shape index (κ3) is 6.75. The summed E-state index contributed by atoms with van der Waals surface area (Å²) in [4.78, 5) is 37.9. The molecule has 1 rings (SSSR count). The van der Waals surface area contributed by atoms with Gasteiger partial charge in [-0.3, -0.25) is 9.59 Å². The second-order valence-electron chi connectivity index (χ2n) is 7.49. The summed E-state index contributed by atoms with van der Waals surface area (Å²) in [5.74, 6) is -2.36. The molecule has 27 heavy (non-hydrogen) atoms. The Bertz CT molecular complexity index is 514. The van der Waals surface area contributed by atoms with Crippen LogP contribution in [-0.4, -0.2) is 70.2 Å². The van der Waals surface area contributed by atoms with Crippen molar-refractivity contribution in [3.05, 3.63) is 0 Å². The fourth-order valence-electron chi connectivity index (χ4n) is 3.21. The van der Waals surface area contributed by atoms with Gasteiger partial charge in [0.15, 0.2) is 0 Å². The highest BCUT2D eigenvalue weighted by Crippen LogP contribution is 2.20. The van der Waals surface area contributed by atoms with E-state index in [1.54, 1.807) is 0 Å². The molecule has 1 heterocycles. The van der Waals surface area contributed by atoms with Crippen LogP contribution in [0.15, 0.2) is 0 Å². The number of aliphatic carboxylic acids is 1. The highest BCUT2D eigenvalue weighted by atomic mass is 16.4. The lowest BCUT2D eigenvalue weighted by Crippen LogP contribution is -2.61. The Hall–Kier alpha value is -1.71. The number of carbonyl (C=O) groups is 3. The molecule has 7 N–H and O–H groups in total. The molecule has 4 atom stereocenters. The summed E-state index contributed by atoms with van der Waals surface area (Å²) in [7, 11) is 0. The molecule has 1 saturated heterocycles. The summed E-state index contributed by atoms with van der Waals surface area (Å²) in [5, 5.41) is 21.9. The van der Waals surface area contributed by atoms with Gasteiger partial charge in [-0.05, 0) is 38.1 Å². The molecule has 2 amide bonds. The van der Waals surface area contributed by atoms with Crippen LogP contribution in [0, 0.1) is 5.92 Å². The standard InChI is InChI=1S/C18H34N4O5/c1-11(2)14(20)15(17(25)22-10-6-7-12(22)18(26)27)21-16(24)13(23)8-4-3-5-9-19/h11-15,23H,3-10,19-20H2,1-2H3,(H,21,24)(H,26,27). The van der Waals surface area contributed by atoms with Gasteiger partial charge in [-0.2, -0.15) is 0 Å². The first-order chi connectivity index (χ1) is 12.7. The average Bonchev–Trinajstić information content (AvgIpc) is 3.11. The van der Waals surface area contributed by atoms with E-state index < -0.39 is 42.0 Å². The zero-order valence-electron chi connectivity index (χ0n) is 16.3. The van der Waals surface area contributed by atoms with Gasteiger partial charge in [0.2, 0.25) is 11.8 Å². The third-order valence-electron chi connectivity index (χ3n) is 5.02. The molecular weight excluding hydrogens is 352 g/mol. The molecule has 0 radical (unpaired) electrons. The van der Waals surface area contributed by atoms with Gasteiger partial charge in [0.25, 0.3) is 0 Å². The van der Waals surface area contributed by atoms with Crippen molar-refractivity contribution in [2.24, 2.45) is 17.4 Å². The average molecular weight is 386 g/mol. The number of unbranched alkanes of at least 4 members (excludes halogenated alkanes) is 2. The van der Waals surface area contributed by atoms with Gasteiger partial charge in [-0.25, -0.2) is 4.79 Å². The van der Waals surface area contributed by atoms with E-state index in [2.05, 4.69) is 5.32 Å². The molecule has 0 aromatic rings. The Morgan fingerprint density at radius 1 is 1.22 bits per heavy atom. The van der Waals surface area contributed by atoms with Crippen molar-refractivity contribution in [2.45, 2.75) is 76.6 Å². The Balaban J connectivity index is 2.81. The number of carboxylic acids is 1. The van der Waals surface area contributed by atoms with E-state index in [0.29, 0.717) is 32.4 Å². The monoisotopic (exact) mass is 386 g/mol. The number of carboxylic acid groups (broad SMARTS) is 1. The van der Waals surface area contributed by atoms with Crippen LogP contribution >= 0.6 is 0 Å². The molecule has 9 nitrogen and oxygen atoms in total. The second-order valence-corrected chi connectivity index (χ2v) is 7.49. The second kappa shape index (κ2) is 11.2. The quantitative estimate of drug-likeness (QED) is 0.297. The van der Waals surface area contributed by atoms with Crippen molar-refractivity contribution in [3.63, 3.8) is 0 Å². The van der Waals surface area contributed by atoms with Crippen molar-refractivity contribution < 1.29 is 24.6 Å². The number of nitrogens with two attached hydrogens (primary N) is 2. The lowest BCUT2D eigenvalue weighted by molar-refractivity contribution is -0.150. The number of hydrogen-bond donors (Lipinski definition) is 5. The predicted octanol–water partition coefficient (Wildman–Crippen LogP) is -0.590. The van der Waals surface area contributed by atoms with Crippen LogP contribution in [0.25, 0.3) is 0 Å². The van der Waals surface area contributed by atoms with Crippen LogP contribution < -0.4 is 16.8 Å². The smallest absolute Gasteiger partial charge is 0.326 e. The fraction of sp³-hybridized carbons (Fsp3) is 0.833. The number of amides is 2. The fourth-order valence-corrected chi connectivity index (χ4v) is 3.21. The van der Waals surface area contributed by atoms with Gasteiger partial charge in [-0.1, -0.05) is 26.7 Å². The SMILES string of the molecule is CC(C)C(N)C(NC(=O)C(O)CCCCCN)C(=O)N1CCCC1C(=O)O. The van der Waals surface area contributed by atoms with Gasteiger partial charge in [0.1, 0.15) is 18.2 Å². The molecule has 0 saturated carbocycles. The van der Waals surface area contributed by atoms with Crippen LogP contribution in [0.1, 0.15) is 52.4 Å². The van der Waals surface area contributed by atoms with Crippen molar-refractivity contribution in [3.8, 4) is 0 Å². The van der Waals surface area contributed by atoms with E-state index in [0.717, 1.165) is 12.8 Å². The molecular formula is C18H34N4O5. The first-order valence-corrected chi connectivity index (χ1v) is 9.68. The van der Waals surface area contributed by atoms with E-state index in [9.17, 15) is 24.6 Å². The molecule has 0 aromatic heterocycles. The van der Waals surface area contributed by atoms with Crippen molar-refractivity contribution >= 4 is 17.8 Å². The molecule has 1 aliphatic rings. The number of aliphatic hydroxyl groups is 1. The lowest BCUT2D eigenvalue weighted by Gasteiger charge is -2.32. The molecule has 4 unspecified atom stereocenters. The Morgan fingerprint density at radius 2 is 1.89 bits per heavy atom. The van der Waals surface area contributed by atoms with Crippen molar-refractivity contribution in [1.29, 1.82) is 0 Å². The normalized spacial score (nSPS) is 20.4. The number of hydrogen-bond acceptors (Lipinski definition) is 6. The molecule has 1 aliphatic heterocycles. The van der Waals surface area contributed by atoms with E-state index >= 15 is 0 Å². The maximum atomic E-state index is 12.9. The molecule has 1 fully saturated rings. The van der Waals surface area contributed by atoms with Crippen molar-refractivity contribution in [2.75, 3.05) is 13.1 Å². The van der Waals surface area contributed by atoms with Crippen molar-refractivity contribution in [1.82, 2.24) is 10.2 Å². The molecule has 0 aromatic carbocycles. The van der Waals surface area contributed by atoms with Crippen LogP contribution in [-0.2, 0) is 14.4 Å². The van der Waals surface area contributed by atoms with Crippen LogP contribution in [0.2, 0.25) is 0 Å². The summed E-state index contributed by atoms with van der Waals surface area (Å²) < 4.78 is 0. The summed E-state index contributed by atoms with van der Waals surface area (Å²) in [6.07, 6.45) is 2.26. The van der Waals surface area contributed by atoms with Crippen LogP contribution in [0.4, 0.5) is 0 Å². The van der Waals surface area contributed by atoms with Gasteiger partial charge < -0.3 is 31.9 Å². The van der Waals surface area contributed by atoms with E-state index in [1.807, 2.05) is 13.8 Å².